The summed E-state index contributed by atoms with van der Waals surface area (Å²) in [4.78, 5) is 12.1. The average Bonchev–Trinajstić information content (AvgIpc) is 2.49. The van der Waals surface area contributed by atoms with Crippen LogP contribution >= 0.6 is 0 Å². The van der Waals surface area contributed by atoms with Crippen molar-refractivity contribution >= 4 is 5.91 Å². The lowest BCUT2D eigenvalue weighted by Crippen LogP contribution is -2.35. The lowest BCUT2D eigenvalue weighted by atomic mass is 9.87. The van der Waals surface area contributed by atoms with Gasteiger partial charge < -0.3 is 10.1 Å². The monoisotopic (exact) mass is 275 g/mol. The van der Waals surface area contributed by atoms with Gasteiger partial charge in [-0.05, 0) is 50.2 Å². The first-order valence-electron chi connectivity index (χ1n) is 7.55. The molecule has 1 aromatic rings. The third-order valence-electron chi connectivity index (χ3n) is 4.33. The predicted molar refractivity (Wildman–Crippen MR) is 80.6 cm³/mol. The number of benzene rings is 1. The molecule has 3 heteroatoms. The number of methoxy groups -OCH3 is 1. The largest absolute Gasteiger partial charge is 0.381 e. The van der Waals surface area contributed by atoms with Gasteiger partial charge in [0.25, 0.3) is 0 Å². The molecule has 0 saturated heterocycles. The van der Waals surface area contributed by atoms with Crippen molar-refractivity contribution in [2.45, 2.75) is 45.1 Å². The molecule has 3 nitrogen and oxygen atoms in total. The molecule has 0 unspecified atom stereocenters. The quantitative estimate of drug-likeness (QED) is 0.897. The molecule has 1 aliphatic carbocycles. The fraction of sp³-hybridized carbons (Fsp3) is 0.588. The van der Waals surface area contributed by atoms with Crippen LogP contribution in [0.25, 0.3) is 0 Å². The average molecular weight is 275 g/mol. The minimum Gasteiger partial charge on any atom is -0.381 e. The first kappa shape index (κ1) is 15.0. The first-order valence-corrected chi connectivity index (χ1v) is 7.55. The maximum atomic E-state index is 12.1. The Morgan fingerprint density at radius 1 is 1.25 bits per heavy atom. The highest BCUT2D eigenvalue weighted by Gasteiger charge is 2.25. The summed E-state index contributed by atoms with van der Waals surface area (Å²) in [6.45, 7) is 2.84. The molecule has 1 saturated carbocycles. The SMILES string of the molecule is COC1CCC(C(=O)NCCc2ccccc2C)CC1. The van der Waals surface area contributed by atoms with Crippen molar-refractivity contribution in [1.82, 2.24) is 5.32 Å². The third-order valence-corrected chi connectivity index (χ3v) is 4.33. The van der Waals surface area contributed by atoms with Crippen LogP contribution in [0.1, 0.15) is 36.8 Å². The predicted octanol–water partition coefficient (Wildman–Crippen LogP) is 2.86. The maximum absolute atomic E-state index is 12.1. The van der Waals surface area contributed by atoms with Gasteiger partial charge in [0, 0.05) is 19.6 Å². The molecule has 2 rings (SSSR count). The van der Waals surface area contributed by atoms with Crippen molar-refractivity contribution in [1.29, 1.82) is 0 Å². The summed E-state index contributed by atoms with van der Waals surface area (Å²) in [6, 6.07) is 8.34. The van der Waals surface area contributed by atoms with E-state index in [4.69, 9.17) is 4.74 Å². The van der Waals surface area contributed by atoms with Crippen LogP contribution in [0.2, 0.25) is 0 Å². The Labute approximate surface area is 121 Å². The minimum absolute atomic E-state index is 0.179. The number of aryl methyl sites for hydroxylation is 1. The number of amides is 1. The molecule has 1 N–H and O–H groups in total. The summed E-state index contributed by atoms with van der Waals surface area (Å²) in [7, 11) is 1.76. The van der Waals surface area contributed by atoms with Crippen LogP contribution in [-0.4, -0.2) is 25.7 Å². The van der Waals surface area contributed by atoms with Gasteiger partial charge in [-0.25, -0.2) is 0 Å². The van der Waals surface area contributed by atoms with E-state index in [1.165, 1.54) is 11.1 Å². The molecule has 0 bridgehead atoms. The van der Waals surface area contributed by atoms with Crippen LogP contribution in [0, 0.1) is 12.8 Å². The molecule has 1 fully saturated rings. The summed E-state index contributed by atoms with van der Waals surface area (Å²) in [5.74, 6) is 0.395. The second kappa shape index (κ2) is 7.44. The molecule has 20 heavy (non-hydrogen) atoms. The molecule has 0 radical (unpaired) electrons. The lowest BCUT2D eigenvalue weighted by Gasteiger charge is -2.26. The van der Waals surface area contributed by atoms with E-state index in [-0.39, 0.29) is 11.8 Å². The number of carbonyl (C=O) groups excluding carboxylic acids is 1. The van der Waals surface area contributed by atoms with Gasteiger partial charge in [0.05, 0.1) is 6.10 Å². The Morgan fingerprint density at radius 3 is 2.60 bits per heavy atom. The van der Waals surface area contributed by atoms with Crippen LogP contribution in [0.3, 0.4) is 0 Å². The number of nitrogens with one attached hydrogen (secondary N) is 1. The normalized spacial score (nSPS) is 22.5. The van der Waals surface area contributed by atoms with Gasteiger partial charge >= 0.3 is 0 Å². The Morgan fingerprint density at radius 2 is 1.95 bits per heavy atom. The molecule has 0 spiro atoms. The van der Waals surface area contributed by atoms with Crippen molar-refractivity contribution in [2.75, 3.05) is 13.7 Å². The fourth-order valence-corrected chi connectivity index (χ4v) is 2.92. The highest BCUT2D eigenvalue weighted by Crippen LogP contribution is 2.25. The Kier molecular flexibility index (Phi) is 5.60. The van der Waals surface area contributed by atoms with E-state index in [1.807, 2.05) is 6.07 Å². The molecule has 0 heterocycles. The van der Waals surface area contributed by atoms with Crippen molar-refractivity contribution < 1.29 is 9.53 Å². The molecular formula is C17H25NO2. The first-order chi connectivity index (χ1) is 9.70. The summed E-state index contributed by atoms with van der Waals surface area (Å²) in [5, 5.41) is 3.08. The van der Waals surface area contributed by atoms with Gasteiger partial charge in [0.1, 0.15) is 0 Å². The number of rotatable bonds is 5. The zero-order valence-electron chi connectivity index (χ0n) is 12.5. The van der Waals surface area contributed by atoms with Crippen molar-refractivity contribution in [2.24, 2.45) is 5.92 Å². The summed E-state index contributed by atoms with van der Waals surface area (Å²) >= 11 is 0. The zero-order chi connectivity index (χ0) is 14.4. The number of carbonyl (C=O) groups is 1. The Hall–Kier alpha value is -1.35. The van der Waals surface area contributed by atoms with E-state index < -0.39 is 0 Å². The van der Waals surface area contributed by atoms with E-state index in [0.717, 1.165) is 38.6 Å². The van der Waals surface area contributed by atoms with Crippen LogP contribution in [-0.2, 0) is 16.0 Å². The van der Waals surface area contributed by atoms with Gasteiger partial charge in [0.2, 0.25) is 5.91 Å². The van der Waals surface area contributed by atoms with E-state index >= 15 is 0 Å². The molecule has 0 atom stereocenters. The Bertz CT molecular complexity index is 436. The highest BCUT2D eigenvalue weighted by atomic mass is 16.5. The van der Waals surface area contributed by atoms with Crippen molar-refractivity contribution in [3.63, 3.8) is 0 Å². The van der Waals surface area contributed by atoms with Crippen LogP contribution in [0.5, 0.6) is 0 Å². The van der Waals surface area contributed by atoms with Crippen molar-refractivity contribution in [3.05, 3.63) is 35.4 Å². The van der Waals surface area contributed by atoms with E-state index in [1.54, 1.807) is 7.11 Å². The van der Waals surface area contributed by atoms with Gasteiger partial charge in [-0.3, -0.25) is 4.79 Å². The molecule has 0 aliphatic heterocycles. The molecule has 0 aromatic heterocycles. The van der Waals surface area contributed by atoms with Crippen LogP contribution in [0.15, 0.2) is 24.3 Å². The summed E-state index contributed by atoms with van der Waals surface area (Å²) in [5.41, 5.74) is 2.61. The number of hydrogen-bond acceptors (Lipinski definition) is 2. The minimum atomic E-state index is 0.179. The molecule has 110 valence electrons. The third kappa shape index (κ3) is 4.07. The molecule has 1 aliphatic rings. The van der Waals surface area contributed by atoms with Gasteiger partial charge in [-0.2, -0.15) is 0 Å². The summed E-state index contributed by atoms with van der Waals surface area (Å²) < 4.78 is 5.34. The fourth-order valence-electron chi connectivity index (χ4n) is 2.92. The van der Waals surface area contributed by atoms with Crippen LogP contribution in [0.4, 0.5) is 0 Å². The summed E-state index contributed by atoms with van der Waals surface area (Å²) in [6.07, 6.45) is 5.18. The second-order valence-corrected chi connectivity index (χ2v) is 5.68. The van der Waals surface area contributed by atoms with Crippen LogP contribution < -0.4 is 5.32 Å². The smallest absolute Gasteiger partial charge is 0.223 e. The topological polar surface area (TPSA) is 38.3 Å². The second-order valence-electron chi connectivity index (χ2n) is 5.68. The van der Waals surface area contributed by atoms with Gasteiger partial charge in [-0.15, -0.1) is 0 Å². The Balaban J connectivity index is 1.72. The van der Waals surface area contributed by atoms with E-state index in [0.29, 0.717) is 6.10 Å². The highest BCUT2D eigenvalue weighted by molar-refractivity contribution is 5.78. The molecule has 1 aromatic carbocycles. The molecule has 1 amide bonds. The zero-order valence-corrected chi connectivity index (χ0v) is 12.5. The van der Waals surface area contributed by atoms with Gasteiger partial charge in [0.15, 0.2) is 0 Å². The van der Waals surface area contributed by atoms with E-state index in [2.05, 4.69) is 30.4 Å². The number of hydrogen-bond donors (Lipinski definition) is 1. The molecular weight excluding hydrogens is 250 g/mol. The number of ether oxygens (including phenoxy) is 1. The lowest BCUT2D eigenvalue weighted by molar-refractivity contribution is -0.126. The van der Waals surface area contributed by atoms with Crippen molar-refractivity contribution in [3.8, 4) is 0 Å². The van der Waals surface area contributed by atoms with E-state index in [9.17, 15) is 4.79 Å². The standard InChI is InChI=1S/C17H25NO2/c1-13-5-3-4-6-14(13)11-12-18-17(19)15-7-9-16(20-2)10-8-15/h3-6,15-16H,7-12H2,1-2H3,(H,18,19). The van der Waals surface area contributed by atoms with Gasteiger partial charge in [-0.1, -0.05) is 24.3 Å². The maximum Gasteiger partial charge on any atom is 0.223 e.